The van der Waals surface area contributed by atoms with Crippen LogP contribution in [0.2, 0.25) is 0 Å². The highest BCUT2D eigenvalue weighted by atomic mass is 79.9. The summed E-state index contributed by atoms with van der Waals surface area (Å²) < 4.78 is 13.0. The molecule has 0 heterocycles. The van der Waals surface area contributed by atoms with Gasteiger partial charge in [-0.2, -0.15) is 0 Å². The van der Waals surface area contributed by atoms with Gasteiger partial charge in [-0.3, -0.25) is 4.79 Å². The molecule has 0 saturated heterocycles. The number of carbonyl (C=O) groups is 1. The van der Waals surface area contributed by atoms with Crippen molar-refractivity contribution in [2.24, 2.45) is 0 Å². The van der Waals surface area contributed by atoms with Crippen molar-refractivity contribution in [2.75, 3.05) is 5.33 Å². The first-order valence-electron chi connectivity index (χ1n) is 4.26. The molecule has 15 heavy (non-hydrogen) atoms. The van der Waals surface area contributed by atoms with Crippen LogP contribution in [0.25, 0.3) is 0 Å². The summed E-state index contributed by atoms with van der Waals surface area (Å²) in [5, 5.41) is 19.1. The highest BCUT2D eigenvalue weighted by Crippen LogP contribution is 2.20. The maximum atomic E-state index is 13.0. The summed E-state index contributed by atoms with van der Waals surface area (Å²) in [7, 11) is 0. The van der Waals surface area contributed by atoms with E-state index in [1.165, 1.54) is 6.07 Å². The van der Waals surface area contributed by atoms with Gasteiger partial charge >= 0.3 is 0 Å². The molecule has 5 heteroatoms. The van der Waals surface area contributed by atoms with Gasteiger partial charge in [-0.25, -0.2) is 4.39 Å². The smallest absolute Gasteiger partial charge is 0.150 e. The molecule has 2 unspecified atom stereocenters. The first-order chi connectivity index (χ1) is 7.08. The van der Waals surface area contributed by atoms with Gasteiger partial charge in [0.25, 0.3) is 0 Å². The molecule has 0 amide bonds. The minimum atomic E-state index is -1.21. The lowest BCUT2D eigenvalue weighted by molar-refractivity contribution is 0.0340. The van der Waals surface area contributed by atoms with Gasteiger partial charge in [0.15, 0.2) is 0 Å². The van der Waals surface area contributed by atoms with Crippen LogP contribution in [-0.2, 0) is 0 Å². The minimum absolute atomic E-state index is 0.130. The van der Waals surface area contributed by atoms with Crippen LogP contribution in [0, 0.1) is 5.82 Å². The quantitative estimate of drug-likeness (QED) is 0.646. The topological polar surface area (TPSA) is 57.5 Å². The fourth-order valence-corrected chi connectivity index (χ4v) is 1.54. The Hall–Kier alpha value is -0.780. The van der Waals surface area contributed by atoms with Gasteiger partial charge in [0.2, 0.25) is 0 Å². The minimum Gasteiger partial charge on any atom is -0.389 e. The number of alkyl halides is 1. The third kappa shape index (κ3) is 3.09. The van der Waals surface area contributed by atoms with E-state index in [0.29, 0.717) is 6.29 Å². The van der Waals surface area contributed by atoms with Crippen LogP contribution in [-0.4, -0.2) is 27.9 Å². The van der Waals surface area contributed by atoms with Crippen molar-refractivity contribution in [3.8, 4) is 0 Å². The lowest BCUT2D eigenvalue weighted by Crippen LogP contribution is -2.19. The predicted molar refractivity (Wildman–Crippen MR) is 56.5 cm³/mol. The van der Waals surface area contributed by atoms with Crippen molar-refractivity contribution in [1.82, 2.24) is 0 Å². The van der Waals surface area contributed by atoms with Crippen molar-refractivity contribution >= 4 is 22.2 Å². The zero-order valence-electron chi connectivity index (χ0n) is 7.73. The fourth-order valence-electron chi connectivity index (χ4n) is 1.18. The van der Waals surface area contributed by atoms with E-state index in [1.54, 1.807) is 0 Å². The SMILES string of the molecule is O=Cc1cc(F)cc(C(O)C(O)CBr)c1. The first-order valence-corrected chi connectivity index (χ1v) is 5.38. The number of aliphatic hydroxyl groups is 2. The summed E-state index contributed by atoms with van der Waals surface area (Å²) in [6.07, 6.45) is -1.76. The Kier molecular flexibility index (Phi) is 4.38. The van der Waals surface area contributed by atoms with Crippen LogP contribution in [0.3, 0.4) is 0 Å². The standard InChI is InChI=1S/C10H10BrFO3/c11-4-9(14)10(15)7-1-6(5-13)2-8(12)3-7/h1-3,5,9-10,14-15H,4H2. The average molecular weight is 277 g/mol. The second-order valence-electron chi connectivity index (χ2n) is 3.10. The van der Waals surface area contributed by atoms with E-state index in [4.69, 9.17) is 0 Å². The molecule has 0 aromatic heterocycles. The largest absolute Gasteiger partial charge is 0.389 e. The molecule has 1 aromatic carbocycles. The molecule has 1 aromatic rings. The Morgan fingerprint density at radius 1 is 1.40 bits per heavy atom. The third-order valence-electron chi connectivity index (χ3n) is 1.94. The van der Waals surface area contributed by atoms with Crippen molar-refractivity contribution in [3.63, 3.8) is 0 Å². The van der Waals surface area contributed by atoms with Crippen LogP contribution in [0.1, 0.15) is 22.0 Å². The molecule has 0 aliphatic rings. The lowest BCUT2D eigenvalue weighted by atomic mass is 10.0. The molecule has 0 aliphatic heterocycles. The van der Waals surface area contributed by atoms with Crippen molar-refractivity contribution in [2.45, 2.75) is 12.2 Å². The van der Waals surface area contributed by atoms with Crippen molar-refractivity contribution in [1.29, 1.82) is 0 Å². The third-order valence-corrected chi connectivity index (χ3v) is 2.61. The number of carbonyl (C=O) groups excluding carboxylic acids is 1. The summed E-state index contributed by atoms with van der Waals surface area (Å²) in [4.78, 5) is 10.5. The molecule has 3 nitrogen and oxygen atoms in total. The van der Waals surface area contributed by atoms with Gasteiger partial charge in [-0.15, -0.1) is 0 Å². The summed E-state index contributed by atoms with van der Waals surface area (Å²) in [6.45, 7) is 0. The first kappa shape index (κ1) is 12.3. The fraction of sp³-hybridized carbons (Fsp3) is 0.300. The zero-order valence-corrected chi connectivity index (χ0v) is 9.32. The number of aldehydes is 1. The van der Waals surface area contributed by atoms with E-state index >= 15 is 0 Å². The summed E-state index contributed by atoms with van der Waals surface area (Å²) in [5.41, 5.74) is 0.315. The average Bonchev–Trinajstić information content (AvgIpc) is 2.26. The van der Waals surface area contributed by atoms with Crippen LogP contribution in [0.5, 0.6) is 0 Å². The number of halogens is 2. The summed E-state index contributed by atoms with van der Waals surface area (Å²) in [6, 6.07) is 3.49. The summed E-state index contributed by atoms with van der Waals surface area (Å²) >= 11 is 2.99. The van der Waals surface area contributed by atoms with Crippen LogP contribution in [0.4, 0.5) is 4.39 Å². The molecule has 1 rings (SSSR count). The van der Waals surface area contributed by atoms with Crippen molar-refractivity contribution in [3.05, 3.63) is 35.1 Å². The van der Waals surface area contributed by atoms with E-state index < -0.39 is 18.0 Å². The molecular formula is C10H10BrFO3. The van der Waals surface area contributed by atoms with E-state index in [2.05, 4.69) is 15.9 Å². The Morgan fingerprint density at radius 3 is 2.60 bits per heavy atom. The van der Waals surface area contributed by atoms with E-state index in [-0.39, 0.29) is 16.5 Å². The number of aliphatic hydroxyl groups excluding tert-OH is 2. The van der Waals surface area contributed by atoms with Gasteiger partial charge in [-0.1, -0.05) is 15.9 Å². The van der Waals surface area contributed by atoms with E-state index in [9.17, 15) is 19.4 Å². The van der Waals surface area contributed by atoms with Crippen LogP contribution < -0.4 is 0 Å². The lowest BCUT2D eigenvalue weighted by Gasteiger charge is -2.16. The van der Waals surface area contributed by atoms with Crippen molar-refractivity contribution < 1.29 is 19.4 Å². The molecule has 0 aliphatic carbocycles. The second-order valence-corrected chi connectivity index (χ2v) is 3.75. The highest BCUT2D eigenvalue weighted by Gasteiger charge is 2.18. The number of benzene rings is 1. The Morgan fingerprint density at radius 2 is 2.07 bits per heavy atom. The molecule has 0 bridgehead atoms. The molecule has 0 spiro atoms. The Bertz CT molecular complexity index is 357. The molecule has 0 fully saturated rings. The van der Waals surface area contributed by atoms with E-state index in [0.717, 1.165) is 12.1 Å². The molecular weight excluding hydrogens is 267 g/mol. The molecule has 82 valence electrons. The van der Waals surface area contributed by atoms with Crippen LogP contribution in [0.15, 0.2) is 18.2 Å². The molecule has 0 radical (unpaired) electrons. The maximum Gasteiger partial charge on any atom is 0.150 e. The van der Waals surface area contributed by atoms with Gasteiger partial charge in [0.1, 0.15) is 18.2 Å². The van der Waals surface area contributed by atoms with Crippen LogP contribution >= 0.6 is 15.9 Å². The summed E-state index contributed by atoms with van der Waals surface area (Å²) in [5.74, 6) is -0.615. The predicted octanol–water partition coefficient (Wildman–Crippen LogP) is 1.43. The van der Waals surface area contributed by atoms with Gasteiger partial charge < -0.3 is 10.2 Å². The Balaban J connectivity index is 3.02. The second kappa shape index (κ2) is 5.34. The number of hydrogen-bond acceptors (Lipinski definition) is 3. The van der Waals surface area contributed by atoms with E-state index in [1.807, 2.05) is 0 Å². The monoisotopic (exact) mass is 276 g/mol. The zero-order chi connectivity index (χ0) is 11.4. The van der Waals surface area contributed by atoms with Gasteiger partial charge in [0.05, 0.1) is 6.10 Å². The molecule has 0 saturated carbocycles. The maximum absolute atomic E-state index is 13.0. The molecule has 2 atom stereocenters. The number of hydrogen-bond donors (Lipinski definition) is 2. The molecule has 2 N–H and O–H groups in total. The Labute approximate surface area is 94.7 Å². The van der Waals surface area contributed by atoms with Gasteiger partial charge in [-0.05, 0) is 23.8 Å². The van der Waals surface area contributed by atoms with Gasteiger partial charge in [0, 0.05) is 10.9 Å². The number of rotatable bonds is 4. The highest BCUT2D eigenvalue weighted by molar-refractivity contribution is 9.09. The normalized spacial score (nSPS) is 14.7.